The minimum atomic E-state index is 0.882. The van der Waals surface area contributed by atoms with E-state index in [4.69, 9.17) is 4.98 Å². The Labute approximate surface area is 127 Å². The highest BCUT2D eigenvalue weighted by Crippen LogP contribution is 2.27. The Kier molecular flexibility index (Phi) is 4.33. The Hall–Kier alpha value is -0.980. The van der Waals surface area contributed by atoms with Gasteiger partial charge in [-0.2, -0.15) is 0 Å². The lowest BCUT2D eigenvalue weighted by Crippen LogP contribution is -2.32. The lowest BCUT2D eigenvalue weighted by molar-refractivity contribution is 0.185. The van der Waals surface area contributed by atoms with Gasteiger partial charge in [0.1, 0.15) is 16.4 Å². The van der Waals surface area contributed by atoms with Gasteiger partial charge in [0.15, 0.2) is 5.13 Å². The molecule has 0 aliphatic carbocycles. The number of thiazole rings is 2. The van der Waals surface area contributed by atoms with Crippen LogP contribution in [0.25, 0.3) is 11.4 Å². The largest absolute Gasteiger partial charge is 0.365 e. The van der Waals surface area contributed by atoms with Crippen LogP contribution in [0.5, 0.6) is 0 Å². The summed E-state index contributed by atoms with van der Waals surface area (Å²) in [6.07, 6.45) is 2.63. The molecule has 1 fully saturated rings. The normalized spacial score (nSPS) is 17.5. The highest BCUT2D eigenvalue weighted by Gasteiger charge is 2.17. The van der Waals surface area contributed by atoms with Crippen molar-refractivity contribution >= 4 is 27.8 Å². The van der Waals surface area contributed by atoms with E-state index in [9.17, 15) is 0 Å². The van der Waals surface area contributed by atoms with Crippen LogP contribution >= 0.6 is 22.7 Å². The molecule has 108 valence electrons. The Morgan fingerprint density at radius 1 is 1.20 bits per heavy atom. The van der Waals surface area contributed by atoms with Crippen LogP contribution in [0.3, 0.4) is 0 Å². The third-order valence-electron chi connectivity index (χ3n) is 3.77. The number of nitrogens with zero attached hydrogens (tertiary/aromatic N) is 3. The number of rotatable bonds is 4. The zero-order chi connectivity index (χ0) is 13.9. The van der Waals surface area contributed by atoms with Crippen LogP contribution in [0.4, 0.5) is 5.13 Å². The van der Waals surface area contributed by atoms with Gasteiger partial charge in [0, 0.05) is 17.8 Å². The first-order chi connectivity index (χ1) is 9.74. The van der Waals surface area contributed by atoms with Crippen LogP contribution in [0.1, 0.15) is 24.8 Å². The average molecular weight is 308 g/mol. The smallest absolute Gasteiger partial charge is 0.183 e. The molecule has 0 spiro atoms. The second kappa shape index (κ2) is 6.20. The number of hydrogen-bond acceptors (Lipinski definition) is 6. The van der Waals surface area contributed by atoms with E-state index in [0.29, 0.717) is 0 Å². The zero-order valence-electron chi connectivity index (χ0n) is 11.9. The van der Waals surface area contributed by atoms with Crippen LogP contribution in [0, 0.1) is 5.92 Å². The molecule has 0 unspecified atom stereocenters. The molecule has 3 heterocycles. The fourth-order valence-electron chi connectivity index (χ4n) is 2.42. The van der Waals surface area contributed by atoms with Gasteiger partial charge in [-0.25, -0.2) is 9.97 Å². The minimum absolute atomic E-state index is 0.882. The lowest BCUT2D eigenvalue weighted by atomic mass is 9.99. The van der Waals surface area contributed by atoms with Crippen molar-refractivity contribution in [2.45, 2.75) is 26.3 Å². The van der Waals surface area contributed by atoms with Crippen molar-refractivity contribution in [1.82, 2.24) is 14.9 Å². The molecular formula is C14H20N4S2. The van der Waals surface area contributed by atoms with Crippen LogP contribution < -0.4 is 5.32 Å². The van der Waals surface area contributed by atoms with Gasteiger partial charge < -0.3 is 5.32 Å². The van der Waals surface area contributed by atoms with E-state index in [0.717, 1.165) is 29.0 Å². The number of anilines is 1. The molecule has 6 heteroatoms. The molecule has 2 aromatic rings. The number of piperidine rings is 1. The van der Waals surface area contributed by atoms with E-state index in [1.165, 1.54) is 30.9 Å². The summed E-state index contributed by atoms with van der Waals surface area (Å²) in [5.41, 5.74) is 1.99. The van der Waals surface area contributed by atoms with Crippen LogP contribution in [-0.2, 0) is 6.54 Å². The standard InChI is InChI=1S/C14H20N4S2/c1-10-3-5-18(6-4-10)7-13-16-11(8-19-13)12-9-20-14(15-2)17-12/h8-10H,3-7H2,1-2H3,(H,15,17). The molecular weight excluding hydrogens is 288 g/mol. The number of nitrogens with one attached hydrogen (secondary N) is 1. The highest BCUT2D eigenvalue weighted by molar-refractivity contribution is 7.14. The van der Waals surface area contributed by atoms with Crippen molar-refractivity contribution in [1.29, 1.82) is 0 Å². The highest BCUT2D eigenvalue weighted by atomic mass is 32.1. The van der Waals surface area contributed by atoms with Crippen LogP contribution in [0.15, 0.2) is 10.8 Å². The summed E-state index contributed by atoms with van der Waals surface area (Å²) < 4.78 is 0. The molecule has 1 saturated heterocycles. The summed E-state index contributed by atoms with van der Waals surface area (Å²) >= 11 is 3.37. The Bertz CT molecular complexity index is 555. The second-order valence-electron chi connectivity index (χ2n) is 5.37. The maximum Gasteiger partial charge on any atom is 0.183 e. The maximum atomic E-state index is 4.73. The Balaban J connectivity index is 1.64. The second-order valence-corrected chi connectivity index (χ2v) is 7.17. The average Bonchev–Trinajstić information content (AvgIpc) is 3.10. The van der Waals surface area contributed by atoms with Crippen molar-refractivity contribution in [2.24, 2.45) is 5.92 Å². The van der Waals surface area contributed by atoms with Crippen molar-refractivity contribution in [2.75, 3.05) is 25.5 Å². The summed E-state index contributed by atoms with van der Waals surface area (Å²) in [4.78, 5) is 11.8. The fraction of sp³-hybridized carbons (Fsp3) is 0.571. The van der Waals surface area contributed by atoms with Gasteiger partial charge in [0.05, 0.1) is 6.54 Å². The summed E-state index contributed by atoms with van der Waals surface area (Å²) in [6, 6.07) is 0. The van der Waals surface area contributed by atoms with Gasteiger partial charge in [0.2, 0.25) is 0 Å². The van der Waals surface area contributed by atoms with Crippen LogP contribution in [0.2, 0.25) is 0 Å². The van der Waals surface area contributed by atoms with Gasteiger partial charge in [-0.15, -0.1) is 22.7 Å². The van der Waals surface area contributed by atoms with Crippen molar-refractivity contribution in [3.8, 4) is 11.4 Å². The lowest BCUT2D eigenvalue weighted by Gasteiger charge is -2.29. The summed E-state index contributed by atoms with van der Waals surface area (Å²) in [6.45, 7) is 5.74. The zero-order valence-corrected chi connectivity index (χ0v) is 13.6. The summed E-state index contributed by atoms with van der Waals surface area (Å²) in [5.74, 6) is 0.882. The van der Waals surface area contributed by atoms with Crippen molar-refractivity contribution in [3.05, 3.63) is 15.8 Å². The molecule has 1 N–H and O–H groups in total. The molecule has 20 heavy (non-hydrogen) atoms. The quantitative estimate of drug-likeness (QED) is 0.938. The number of hydrogen-bond donors (Lipinski definition) is 1. The molecule has 0 bridgehead atoms. The molecule has 0 radical (unpaired) electrons. The molecule has 1 aliphatic rings. The molecule has 2 aromatic heterocycles. The number of aromatic nitrogens is 2. The van der Waals surface area contributed by atoms with Gasteiger partial charge in [-0.05, 0) is 31.8 Å². The molecule has 0 saturated carbocycles. The minimum Gasteiger partial charge on any atom is -0.365 e. The molecule has 1 aliphatic heterocycles. The van der Waals surface area contributed by atoms with Crippen molar-refractivity contribution in [3.63, 3.8) is 0 Å². The third-order valence-corrected chi connectivity index (χ3v) is 5.46. The van der Waals surface area contributed by atoms with E-state index < -0.39 is 0 Å². The first-order valence-corrected chi connectivity index (χ1v) is 8.81. The number of likely N-dealkylation sites (tertiary alicyclic amines) is 1. The topological polar surface area (TPSA) is 41.1 Å². The Morgan fingerprint density at radius 3 is 2.60 bits per heavy atom. The molecule has 3 rings (SSSR count). The summed E-state index contributed by atoms with van der Waals surface area (Å²) in [7, 11) is 1.90. The third kappa shape index (κ3) is 3.19. The van der Waals surface area contributed by atoms with E-state index in [2.05, 4.69) is 32.9 Å². The van der Waals surface area contributed by atoms with Gasteiger partial charge >= 0.3 is 0 Å². The summed E-state index contributed by atoms with van der Waals surface area (Å²) in [5, 5.41) is 9.40. The monoisotopic (exact) mass is 308 g/mol. The molecule has 0 amide bonds. The first-order valence-electron chi connectivity index (χ1n) is 7.05. The molecule has 0 atom stereocenters. The maximum absolute atomic E-state index is 4.73. The van der Waals surface area contributed by atoms with Gasteiger partial charge in [0.25, 0.3) is 0 Å². The predicted octanol–water partition coefficient (Wildman–Crippen LogP) is 3.54. The SMILES string of the molecule is CNc1nc(-c2csc(CN3CCC(C)CC3)n2)cs1. The van der Waals surface area contributed by atoms with Crippen LogP contribution in [-0.4, -0.2) is 35.0 Å². The van der Waals surface area contributed by atoms with Crippen molar-refractivity contribution < 1.29 is 0 Å². The van der Waals surface area contributed by atoms with E-state index in [1.54, 1.807) is 22.7 Å². The molecule has 0 aromatic carbocycles. The van der Waals surface area contributed by atoms with E-state index in [1.807, 2.05) is 7.05 Å². The van der Waals surface area contributed by atoms with E-state index in [-0.39, 0.29) is 0 Å². The predicted molar refractivity (Wildman–Crippen MR) is 86.4 cm³/mol. The van der Waals surface area contributed by atoms with Gasteiger partial charge in [-0.3, -0.25) is 4.90 Å². The molecule has 4 nitrogen and oxygen atoms in total. The van der Waals surface area contributed by atoms with Gasteiger partial charge in [-0.1, -0.05) is 6.92 Å². The first kappa shape index (κ1) is 14.0. The fourth-order valence-corrected chi connectivity index (χ4v) is 3.91. The van der Waals surface area contributed by atoms with E-state index >= 15 is 0 Å². The Morgan fingerprint density at radius 2 is 1.90 bits per heavy atom.